The van der Waals surface area contributed by atoms with Crippen LogP contribution in [0.3, 0.4) is 0 Å². The fourth-order valence-corrected chi connectivity index (χ4v) is 4.83. The minimum atomic E-state index is -1.21. The normalized spacial score (nSPS) is 22.5. The highest BCUT2D eigenvalue weighted by molar-refractivity contribution is 8.00. The number of nitrogens with two attached hydrogens (primary N) is 1. The summed E-state index contributed by atoms with van der Waals surface area (Å²) in [5.74, 6) is -2.74. The van der Waals surface area contributed by atoms with Crippen LogP contribution in [0, 0.1) is 0 Å². The van der Waals surface area contributed by atoms with E-state index in [-0.39, 0.29) is 5.70 Å². The molecule has 0 radical (unpaired) electrons. The fraction of sp³-hybridized carbons (Fsp3) is 0.312. The van der Waals surface area contributed by atoms with Crippen molar-refractivity contribution in [2.24, 2.45) is 5.16 Å². The molecule has 3 atom stereocenters. The predicted molar refractivity (Wildman–Crippen MR) is 105 cm³/mol. The monoisotopic (exact) mass is 423 g/mol. The molecule has 2 aliphatic rings. The minimum absolute atomic E-state index is 0.0981. The van der Waals surface area contributed by atoms with E-state index in [2.05, 4.69) is 26.9 Å². The molecule has 12 heteroatoms. The molecule has 10 nitrogen and oxygen atoms in total. The number of carboxylic acid groups (broad SMARTS) is 1. The smallest absolute Gasteiger partial charge is 0.352 e. The van der Waals surface area contributed by atoms with Gasteiger partial charge in [-0.3, -0.25) is 14.5 Å². The molecule has 2 aliphatic heterocycles. The molecule has 0 aliphatic carbocycles. The van der Waals surface area contributed by atoms with Gasteiger partial charge in [0.15, 0.2) is 5.13 Å². The average molecular weight is 423 g/mol. The molecule has 0 saturated carbocycles. The van der Waals surface area contributed by atoms with Gasteiger partial charge in [-0.25, -0.2) is 9.78 Å². The molecule has 28 heavy (non-hydrogen) atoms. The Morgan fingerprint density at radius 1 is 1.61 bits per heavy atom. The van der Waals surface area contributed by atoms with Gasteiger partial charge >= 0.3 is 5.97 Å². The quantitative estimate of drug-likeness (QED) is 0.324. The van der Waals surface area contributed by atoms with E-state index in [9.17, 15) is 19.5 Å². The largest absolute Gasteiger partial charge is 0.477 e. The van der Waals surface area contributed by atoms with Gasteiger partial charge in [0, 0.05) is 11.1 Å². The van der Waals surface area contributed by atoms with Gasteiger partial charge < -0.3 is 21.0 Å². The summed E-state index contributed by atoms with van der Waals surface area (Å²) >= 11 is 2.53. The first kappa shape index (κ1) is 19.9. The Morgan fingerprint density at radius 3 is 2.93 bits per heavy atom. The zero-order chi connectivity index (χ0) is 20.4. The number of fused-ring (bicyclic) bond motifs is 1. The molecule has 1 saturated heterocycles. The molecule has 3 rings (SSSR count). The van der Waals surface area contributed by atoms with Crippen molar-refractivity contribution in [3.63, 3.8) is 0 Å². The van der Waals surface area contributed by atoms with Crippen LogP contribution in [0.1, 0.15) is 11.6 Å². The summed E-state index contributed by atoms with van der Waals surface area (Å²) in [7, 11) is 1.34. The Bertz CT molecular complexity index is 896. The fourth-order valence-electron chi connectivity index (χ4n) is 2.89. The molecule has 3 heterocycles. The summed E-state index contributed by atoms with van der Waals surface area (Å²) < 4.78 is 0. The van der Waals surface area contributed by atoms with Crippen molar-refractivity contribution in [3.8, 4) is 0 Å². The first-order valence-electron chi connectivity index (χ1n) is 8.00. The van der Waals surface area contributed by atoms with Crippen molar-refractivity contribution in [1.82, 2.24) is 15.2 Å². The number of nitrogens with zero attached hydrogens (tertiary/aromatic N) is 3. The van der Waals surface area contributed by atoms with Crippen LogP contribution in [0.5, 0.6) is 0 Å². The average Bonchev–Trinajstić information content (AvgIpc) is 3.10. The summed E-state index contributed by atoms with van der Waals surface area (Å²) in [6, 6.07) is -0.854. The van der Waals surface area contributed by atoms with Gasteiger partial charge in [0.1, 0.15) is 30.1 Å². The topological polar surface area (TPSA) is 147 Å². The highest BCUT2D eigenvalue weighted by Crippen LogP contribution is 2.40. The molecular weight excluding hydrogens is 406 g/mol. The van der Waals surface area contributed by atoms with Gasteiger partial charge in [-0.05, 0) is 5.57 Å². The minimum Gasteiger partial charge on any atom is -0.477 e. The standard InChI is InChI=1S/C16H17N5O5S2/c1-3-7-5-27-14-10(13(23)21(14)11(7)15(24)25)20-12(22)8(4-18-26-2)9-6-28-16(17)19-9/h3-4,6,8,10,14H,1,5H2,2H3,(H2,17,19)(H,20,22)(H,24,25)/t8?,10-,14-/m1/s1. The Hall–Kier alpha value is -2.86. The molecule has 1 aromatic rings. The van der Waals surface area contributed by atoms with E-state index in [1.54, 1.807) is 5.38 Å². The van der Waals surface area contributed by atoms with E-state index in [4.69, 9.17) is 5.73 Å². The molecule has 1 fully saturated rings. The van der Waals surface area contributed by atoms with Crippen LogP contribution in [0.2, 0.25) is 0 Å². The first-order valence-corrected chi connectivity index (χ1v) is 9.93. The molecule has 1 aromatic heterocycles. The predicted octanol–water partition coefficient (Wildman–Crippen LogP) is 0.366. The number of carbonyl (C=O) groups is 3. The summed E-state index contributed by atoms with van der Waals surface area (Å²) in [5, 5.41) is 17.1. The number of carbonyl (C=O) groups excluding carboxylic acids is 2. The van der Waals surface area contributed by atoms with Crippen LogP contribution >= 0.6 is 23.1 Å². The number of nitrogen functional groups attached to an aromatic ring is 1. The highest BCUT2D eigenvalue weighted by atomic mass is 32.2. The second-order valence-electron chi connectivity index (χ2n) is 5.80. The lowest BCUT2D eigenvalue weighted by Gasteiger charge is -2.49. The van der Waals surface area contributed by atoms with Crippen LogP contribution in [-0.4, -0.2) is 63.3 Å². The van der Waals surface area contributed by atoms with Crippen molar-refractivity contribution < 1.29 is 24.3 Å². The highest BCUT2D eigenvalue weighted by Gasteiger charge is 2.54. The number of rotatable bonds is 7. The third-order valence-electron chi connectivity index (χ3n) is 4.20. The maximum atomic E-state index is 12.8. The number of thiazole rings is 1. The molecular formula is C16H17N5O5S2. The van der Waals surface area contributed by atoms with Crippen molar-refractivity contribution in [1.29, 1.82) is 0 Å². The zero-order valence-electron chi connectivity index (χ0n) is 14.7. The van der Waals surface area contributed by atoms with Crippen molar-refractivity contribution >= 4 is 52.2 Å². The lowest BCUT2D eigenvalue weighted by molar-refractivity contribution is -0.150. The maximum Gasteiger partial charge on any atom is 0.352 e. The summed E-state index contributed by atoms with van der Waals surface area (Å²) in [4.78, 5) is 46.8. The molecule has 1 unspecified atom stereocenters. The number of hydrogen-bond donors (Lipinski definition) is 3. The van der Waals surface area contributed by atoms with Gasteiger partial charge in [0.2, 0.25) is 5.91 Å². The number of allylic oxidation sites excluding steroid dienone is 1. The number of amides is 2. The van der Waals surface area contributed by atoms with E-state index >= 15 is 0 Å². The van der Waals surface area contributed by atoms with E-state index in [0.29, 0.717) is 22.2 Å². The lowest BCUT2D eigenvalue weighted by Crippen LogP contribution is -2.70. The number of aromatic nitrogens is 1. The maximum absolute atomic E-state index is 12.8. The lowest BCUT2D eigenvalue weighted by atomic mass is 10.0. The Morgan fingerprint density at radius 2 is 2.36 bits per heavy atom. The van der Waals surface area contributed by atoms with Gasteiger partial charge in [-0.1, -0.05) is 17.8 Å². The second kappa shape index (κ2) is 8.02. The van der Waals surface area contributed by atoms with Crippen LogP contribution in [0.15, 0.2) is 34.5 Å². The van der Waals surface area contributed by atoms with Crippen molar-refractivity contribution in [2.45, 2.75) is 17.3 Å². The molecule has 0 spiro atoms. The summed E-state index contributed by atoms with van der Waals surface area (Å²) in [6.45, 7) is 3.60. The Kier molecular flexibility index (Phi) is 5.70. The van der Waals surface area contributed by atoms with Gasteiger partial charge in [-0.15, -0.1) is 23.1 Å². The number of anilines is 1. The van der Waals surface area contributed by atoms with Gasteiger partial charge in [-0.2, -0.15) is 0 Å². The van der Waals surface area contributed by atoms with Crippen LogP contribution in [-0.2, 0) is 19.2 Å². The number of oxime groups is 1. The van der Waals surface area contributed by atoms with Gasteiger partial charge in [0.25, 0.3) is 5.91 Å². The molecule has 0 bridgehead atoms. The summed E-state index contributed by atoms with van der Waals surface area (Å²) in [6.07, 6.45) is 2.69. The van der Waals surface area contributed by atoms with Crippen LogP contribution < -0.4 is 11.1 Å². The second-order valence-corrected chi connectivity index (χ2v) is 7.80. The first-order chi connectivity index (χ1) is 13.4. The third kappa shape index (κ3) is 3.47. The molecule has 148 valence electrons. The van der Waals surface area contributed by atoms with Crippen LogP contribution in [0.25, 0.3) is 0 Å². The van der Waals surface area contributed by atoms with Gasteiger partial charge in [0.05, 0.1) is 11.9 Å². The number of thioether (sulfide) groups is 1. The number of β-lactam (4-membered cyclic amide) rings is 1. The van der Waals surface area contributed by atoms with Crippen molar-refractivity contribution in [3.05, 3.63) is 35.0 Å². The van der Waals surface area contributed by atoms with E-state index in [1.165, 1.54) is 47.4 Å². The van der Waals surface area contributed by atoms with E-state index in [1.807, 2.05) is 0 Å². The molecule has 2 amide bonds. The van der Waals surface area contributed by atoms with Crippen LogP contribution in [0.4, 0.5) is 5.13 Å². The Labute approximate surface area is 168 Å². The summed E-state index contributed by atoms with van der Waals surface area (Å²) in [5.41, 5.74) is 6.38. The molecule has 0 aromatic carbocycles. The zero-order valence-corrected chi connectivity index (χ0v) is 16.3. The number of nitrogens with one attached hydrogen (secondary N) is 1. The number of aliphatic carboxylic acids is 1. The van der Waals surface area contributed by atoms with E-state index < -0.39 is 35.1 Å². The Balaban J connectivity index is 1.79. The molecule has 4 N–H and O–H groups in total. The van der Waals surface area contributed by atoms with Crippen molar-refractivity contribution in [2.75, 3.05) is 18.6 Å². The number of carboxylic acids is 1. The third-order valence-corrected chi connectivity index (χ3v) is 6.19. The SMILES string of the molecule is C=CC1=C(C(=O)O)N2C(=O)[C@@H](NC(=O)C(C=NOC)c3csc(N)n3)[C@H]2SC1. The van der Waals surface area contributed by atoms with E-state index in [0.717, 1.165) is 0 Å². The number of hydrogen-bond acceptors (Lipinski definition) is 9.